The number of ether oxygens (including phenoxy) is 1. The fourth-order valence-electron chi connectivity index (χ4n) is 2.44. The number of carbonyl (C=O) groups is 1. The second-order valence-electron chi connectivity index (χ2n) is 5.56. The van der Waals surface area contributed by atoms with Crippen molar-refractivity contribution >= 4 is 17.5 Å². The number of halogens is 1. The normalized spacial score (nSPS) is 13.4. The van der Waals surface area contributed by atoms with Crippen molar-refractivity contribution in [1.29, 1.82) is 0 Å². The summed E-state index contributed by atoms with van der Waals surface area (Å²) in [5.41, 5.74) is 1.58. The second kappa shape index (κ2) is 7.51. The number of nitrogens with zero attached hydrogens (tertiary/aromatic N) is 1. The Labute approximate surface area is 141 Å². The average molecular weight is 337 g/mol. The summed E-state index contributed by atoms with van der Waals surface area (Å²) < 4.78 is 10.9. The number of hydrogen-bond acceptors (Lipinski definition) is 4. The third-order valence-electron chi connectivity index (χ3n) is 3.64. The van der Waals surface area contributed by atoms with Crippen molar-refractivity contribution in [3.05, 3.63) is 46.3 Å². The molecule has 0 bridgehead atoms. The van der Waals surface area contributed by atoms with Gasteiger partial charge in [0.2, 0.25) is 5.91 Å². The van der Waals surface area contributed by atoms with Crippen LogP contribution in [0.1, 0.15) is 36.8 Å². The molecule has 1 heterocycles. The number of carbonyl (C=O) groups excluding carboxylic acids is 1. The Morgan fingerprint density at radius 2 is 2.04 bits per heavy atom. The van der Waals surface area contributed by atoms with Crippen LogP contribution in [0.25, 0.3) is 0 Å². The van der Waals surface area contributed by atoms with Crippen molar-refractivity contribution in [3.63, 3.8) is 0 Å². The number of aromatic nitrogens is 1. The van der Waals surface area contributed by atoms with Crippen LogP contribution in [0.2, 0.25) is 5.02 Å². The summed E-state index contributed by atoms with van der Waals surface area (Å²) in [6.45, 7) is 7.74. The van der Waals surface area contributed by atoms with Gasteiger partial charge in [0.15, 0.2) is 0 Å². The number of nitrogens with one attached hydrogen (secondary N) is 1. The second-order valence-corrected chi connectivity index (χ2v) is 5.97. The molecule has 0 radical (unpaired) electrons. The third kappa shape index (κ3) is 4.26. The molecule has 0 aliphatic carbocycles. The Morgan fingerprint density at radius 1 is 1.35 bits per heavy atom. The number of amides is 1. The Morgan fingerprint density at radius 3 is 2.65 bits per heavy atom. The molecule has 1 aromatic heterocycles. The summed E-state index contributed by atoms with van der Waals surface area (Å²) in [5, 5.41) is 7.32. The van der Waals surface area contributed by atoms with E-state index in [4.69, 9.17) is 20.9 Å². The van der Waals surface area contributed by atoms with Crippen LogP contribution in [-0.4, -0.2) is 23.7 Å². The maximum Gasteiger partial charge on any atom is 0.227 e. The van der Waals surface area contributed by atoms with Gasteiger partial charge in [-0.25, -0.2) is 0 Å². The largest absolute Gasteiger partial charge is 0.487 e. The van der Waals surface area contributed by atoms with Gasteiger partial charge >= 0.3 is 0 Å². The minimum Gasteiger partial charge on any atom is -0.487 e. The molecule has 0 aliphatic rings. The van der Waals surface area contributed by atoms with Crippen molar-refractivity contribution in [2.45, 2.75) is 39.7 Å². The van der Waals surface area contributed by atoms with Gasteiger partial charge in [-0.2, -0.15) is 0 Å². The molecule has 1 amide bonds. The van der Waals surface area contributed by atoms with Gasteiger partial charge in [-0.1, -0.05) is 28.9 Å². The molecule has 5 nitrogen and oxygen atoms in total. The SMILES string of the molecule is Cc1noc(C)c1C(C)C(=O)NCC(C)Oc1ccccc1Cl. The molecule has 0 fully saturated rings. The van der Waals surface area contributed by atoms with Gasteiger partial charge < -0.3 is 14.6 Å². The number of hydrogen-bond donors (Lipinski definition) is 1. The molecular formula is C17H21ClN2O3. The van der Waals surface area contributed by atoms with Crippen molar-refractivity contribution in [1.82, 2.24) is 10.5 Å². The zero-order chi connectivity index (χ0) is 17.0. The Kier molecular flexibility index (Phi) is 5.66. The monoisotopic (exact) mass is 336 g/mol. The lowest BCUT2D eigenvalue weighted by Crippen LogP contribution is -2.36. The van der Waals surface area contributed by atoms with Crippen LogP contribution < -0.4 is 10.1 Å². The molecule has 1 N–H and O–H groups in total. The fourth-order valence-corrected chi connectivity index (χ4v) is 2.62. The van der Waals surface area contributed by atoms with E-state index >= 15 is 0 Å². The van der Waals surface area contributed by atoms with Gasteiger partial charge in [0, 0.05) is 5.56 Å². The topological polar surface area (TPSA) is 64.4 Å². The van der Waals surface area contributed by atoms with E-state index in [1.54, 1.807) is 12.1 Å². The predicted molar refractivity (Wildman–Crippen MR) is 88.9 cm³/mol. The molecule has 0 saturated carbocycles. The highest BCUT2D eigenvalue weighted by Crippen LogP contribution is 2.25. The molecule has 124 valence electrons. The van der Waals surface area contributed by atoms with Crippen LogP contribution in [-0.2, 0) is 4.79 Å². The van der Waals surface area contributed by atoms with Gasteiger partial charge in [-0.15, -0.1) is 0 Å². The molecule has 0 saturated heterocycles. The summed E-state index contributed by atoms with van der Waals surface area (Å²) in [6.07, 6.45) is -0.198. The first-order valence-corrected chi connectivity index (χ1v) is 7.89. The van der Waals surface area contributed by atoms with Gasteiger partial charge in [-0.05, 0) is 39.8 Å². The highest BCUT2D eigenvalue weighted by atomic mass is 35.5. The van der Waals surface area contributed by atoms with Crippen LogP contribution in [0.3, 0.4) is 0 Å². The van der Waals surface area contributed by atoms with E-state index in [0.29, 0.717) is 23.1 Å². The van der Waals surface area contributed by atoms with E-state index in [1.807, 2.05) is 39.8 Å². The minimum absolute atomic E-state index is 0.0889. The van der Waals surface area contributed by atoms with E-state index in [0.717, 1.165) is 11.3 Å². The third-order valence-corrected chi connectivity index (χ3v) is 3.96. The zero-order valence-corrected chi connectivity index (χ0v) is 14.5. The summed E-state index contributed by atoms with van der Waals surface area (Å²) in [7, 11) is 0. The molecule has 0 spiro atoms. The summed E-state index contributed by atoms with van der Waals surface area (Å²) >= 11 is 6.05. The first-order valence-electron chi connectivity index (χ1n) is 7.51. The highest BCUT2D eigenvalue weighted by molar-refractivity contribution is 6.32. The van der Waals surface area contributed by atoms with Crippen molar-refractivity contribution in [3.8, 4) is 5.75 Å². The molecule has 2 unspecified atom stereocenters. The van der Waals surface area contributed by atoms with Crippen molar-refractivity contribution < 1.29 is 14.1 Å². The van der Waals surface area contributed by atoms with Gasteiger partial charge in [0.25, 0.3) is 0 Å². The van der Waals surface area contributed by atoms with Crippen molar-refractivity contribution in [2.75, 3.05) is 6.54 Å². The maximum absolute atomic E-state index is 12.3. The van der Waals surface area contributed by atoms with Gasteiger partial charge in [0.1, 0.15) is 17.6 Å². The van der Waals surface area contributed by atoms with E-state index in [9.17, 15) is 4.79 Å². The molecule has 1 aromatic carbocycles. The maximum atomic E-state index is 12.3. The fraction of sp³-hybridized carbons (Fsp3) is 0.412. The number of benzene rings is 1. The van der Waals surface area contributed by atoms with E-state index < -0.39 is 0 Å². The molecule has 2 atom stereocenters. The molecule has 6 heteroatoms. The molecule has 2 aromatic rings. The number of para-hydroxylation sites is 1. The smallest absolute Gasteiger partial charge is 0.227 e. The zero-order valence-electron chi connectivity index (χ0n) is 13.7. The molecule has 2 rings (SSSR count). The van der Waals surface area contributed by atoms with E-state index in [-0.39, 0.29) is 17.9 Å². The first kappa shape index (κ1) is 17.3. The van der Waals surface area contributed by atoms with Crippen LogP contribution in [0.5, 0.6) is 5.75 Å². The average Bonchev–Trinajstić information content (AvgIpc) is 2.85. The number of aryl methyl sites for hydroxylation is 2. The van der Waals surface area contributed by atoms with Crippen molar-refractivity contribution in [2.24, 2.45) is 0 Å². The Balaban J connectivity index is 1.90. The lowest BCUT2D eigenvalue weighted by molar-refractivity contribution is -0.122. The lowest BCUT2D eigenvalue weighted by atomic mass is 9.99. The predicted octanol–water partition coefficient (Wildman–Crippen LogP) is 3.63. The lowest BCUT2D eigenvalue weighted by Gasteiger charge is -2.18. The Hall–Kier alpha value is -2.01. The quantitative estimate of drug-likeness (QED) is 0.874. The van der Waals surface area contributed by atoms with Crippen LogP contribution in [0, 0.1) is 13.8 Å². The molecule has 0 aliphatic heterocycles. The van der Waals surface area contributed by atoms with E-state index in [1.165, 1.54) is 0 Å². The van der Waals surface area contributed by atoms with Gasteiger partial charge in [-0.3, -0.25) is 4.79 Å². The van der Waals surface area contributed by atoms with Crippen LogP contribution in [0.4, 0.5) is 0 Å². The number of rotatable bonds is 6. The summed E-state index contributed by atoms with van der Waals surface area (Å²) in [5.74, 6) is 0.864. The minimum atomic E-state index is -0.325. The van der Waals surface area contributed by atoms with Crippen LogP contribution >= 0.6 is 11.6 Å². The van der Waals surface area contributed by atoms with Gasteiger partial charge in [0.05, 0.1) is 23.2 Å². The summed E-state index contributed by atoms with van der Waals surface area (Å²) in [6, 6.07) is 7.26. The summed E-state index contributed by atoms with van der Waals surface area (Å²) in [4.78, 5) is 12.3. The van der Waals surface area contributed by atoms with E-state index in [2.05, 4.69) is 10.5 Å². The first-order chi connectivity index (χ1) is 10.9. The Bertz CT molecular complexity index is 665. The molecular weight excluding hydrogens is 316 g/mol. The highest BCUT2D eigenvalue weighted by Gasteiger charge is 2.23. The molecule has 23 heavy (non-hydrogen) atoms. The standard InChI is InChI=1S/C17H21ClN2O3/c1-10(22-15-8-6-5-7-14(15)18)9-19-17(21)11(2)16-12(3)20-23-13(16)4/h5-8,10-11H,9H2,1-4H3,(H,19,21). The van der Waals surface area contributed by atoms with Crippen LogP contribution in [0.15, 0.2) is 28.8 Å².